The Kier molecular flexibility index (Phi) is 4.45. The minimum absolute atomic E-state index is 0. The Hall–Kier alpha value is -1.06. The summed E-state index contributed by atoms with van der Waals surface area (Å²) in [5.74, 6) is 0.712. The number of carboxylic acids is 1. The van der Waals surface area contributed by atoms with Gasteiger partial charge in [0.15, 0.2) is 0 Å². The Balaban J connectivity index is 0.00000156. The van der Waals surface area contributed by atoms with E-state index in [1.54, 1.807) is 0 Å². The van der Waals surface area contributed by atoms with Crippen LogP contribution in [0.5, 0.6) is 0 Å². The van der Waals surface area contributed by atoms with Crippen LogP contribution >= 0.6 is 12.4 Å². The molecule has 2 bridgehead atoms. The Bertz CT molecular complexity index is 556. The molecule has 3 nitrogen and oxygen atoms in total. The van der Waals surface area contributed by atoms with E-state index in [4.69, 9.17) is 0 Å². The minimum Gasteiger partial charge on any atom is -0.481 e. The zero-order valence-electron chi connectivity index (χ0n) is 13.6. The number of hydrogen-bond donors (Lipinski definition) is 1. The molecule has 0 amide bonds. The fourth-order valence-electron chi connectivity index (χ4n) is 5.30. The third-order valence-electron chi connectivity index (χ3n) is 6.76. The van der Waals surface area contributed by atoms with Gasteiger partial charge in [0.25, 0.3) is 0 Å². The third-order valence-corrected chi connectivity index (χ3v) is 6.76. The highest BCUT2D eigenvalue weighted by Gasteiger charge is 2.55. The number of nitrogens with zero attached hydrogens (tertiary/aromatic N) is 1. The molecule has 23 heavy (non-hydrogen) atoms. The van der Waals surface area contributed by atoms with Gasteiger partial charge in [0.1, 0.15) is 0 Å². The van der Waals surface area contributed by atoms with Crippen molar-refractivity contribution in [2.24, 2.45) is 11.8 Å². The summed E-state index contributed by atoms with van der Waals surface area (Å²) in [5.41, 5.74) is 0.378. The van der Waals surface area contributed by atoms with Gasteiger partial charge in [-0.3, -0.25) is 4.79 Å². The lowest BCUT2D eigenvalue weighted by atomic mass is 9.54. The van der Waals surface area contributed by atoms with E-state index in [0.717, 1.165) is 36.4 Å². The van der Waals surface area contributed by atoms with Crippen molar-refractivity contribution in [1.29, 1.82) is 0 Å². The Morgan fingerprint density at radius 2 is 1.65 bits per heavy atom. The molecule has 4 rings (SSSR count). The van der Waals surface area contributed by atoms with Crippen LogP contribution in [0.25, 0.3) is 0 Å². The van der Waals surface area contributed by atoms with Crippen LogP contribution in [0.2, 0.25) is 0 Å². The first kappa shape index (κ1) is 16.8. The molecule has 2 aliphatic heterocycles. The number of benzene rings is 1. The molecule has 2 heterocycles. The molecule has 2 atom stereocenters. The first-order valence-corrected chi connectivity index (χ1v) is 8.61. The van der Waals surface area contributed by atoms with Crippen LogP contribution < -0.4 is 0 Å². The topological polar surface area (TPSA) is 40.5 Å². The summed E-state index contributed by atoms with van der Waals surface area (Å²) in [4.78, 5) is 14.5. The molecule has 126 valence electrons. The lowest BCUT2D eigenvalue weighted by Crippen LogP contribution is -2.52. The van der Waals surface area contributed by atoms with E-state index in [9.17, 15) is 9.90 Å². The molecule has 0 radical (unpaired) electrons. The van der Waals surface area contributed by atoms with Crippen molar-refractivity contribution in [2.75, 3.05) is 7.05 Å². The smallest absolute Gasteiger partial charge is 0.314 e. The molecular formula is C19H26ClNO2. The van der Waals surface area contributed by atoms with Gasteiger partial charge >= 0.3 is 5.97 Å². The van der Waals surface area contributed by atoms with E-state index in [2.05, 4.69) is 11.9 Å². The van der Waals surface area contributed by atoms with E-state index < -0.39 is 11.4 Å². The van der Waals surface area contributed by atoms with Gasteiger partial charge in [-0.05, 0) is 63.0 Å². The summed E-state index contributed by atoms with van der Waals surface area (Å²) in [6, 6.07) is 11.4. The lowest BCUT2D eigenvalue weighted by molar-refractivity contribution is -0.151. The lowest BCUT2D eigenvalue weighted by Gasteiger charge is -2.51. The van der Waals surface area contributed by atoms with Gasteiger partial charge in [-0.25, -0.2) is 0 Å². The first-order valence-electron chi connectivity index (χ1n) is 8.61. The highest BCUT2D eigenvalue weighted by Crippen LogP contribution is 2.55. The van der Waals surface area contributed by atoms with Crippen LogP contribution in [-0.4, -0.2) is 35.1 Å². The number of hydrogen-bond acceptors (Lipinski definition) is 2. The van der Waals surface area contributed by atoms with Crippen molar-refractivity contribution < 1.29 is 9.90 Å². The maximum absolute atomic E-state index is 11.9. The summed E-state index contributed by atoms with van der Waals surface area (Å²) in [6.07, 6.45) is 6.91. The van der Waals surface area contributed by atoms with Crippen molar-refractivity contribution >= 4 is 18.4 Å². The molecule has 2 unspecified atom stereocenters. The predicted molar refractivity (Wildman–Crippen MR) is 93.0 cm³/mol. The average molecular weight is 336 g/mol. The van der Waals surface area contributed by atoms with E-state index in [1.807, 2.05) is 30.3 Å². The molecule has 1 saturated carbocycles. The van der Waals surface area contributed by atoms with Crippen molar-refractivity contribution in [1.82, 2.24) is 4.90 Å². The maximum Gasteiger partial charge on any atom is 0.314 e. The Morgan fingerprint density at radius 1 is 1.09 bits per heavy atom. The number of rotatable bonds is 3. The summed E-state index contributed by atoms with van der Waals surface area (Å²) >= 11 is 0. The quantitative estimate of drug-likeness (QED) is 0.915. The van der Waals surface area contributed by atoms with Gasteiger partial charge in [-0.1, -0.05) is 30.3 Å². The van der Waals surface area contributed by atoms with Crippen LogP contribution in [0.4, 0.5) is 0 Å². The maximum atomic E-state index is 11.9. The third kappa shape index (κ3) is 2.58. The Morgan fingerprint density at radius 3 is 2.17 bits per heavy atom. The summed E-state index contributed by atoms with van der Waals surface area (Å²) < 4.78 is 0. The summed E-state index contributed by atoms with van der Waals surface area (Å²) in [5, 5.41) is 9.80. The molecule has 0 aromatic heterocycles. The number of carbonyl (C=O) groups is 1. The molecular weight excluding hydrogens is 310 g/mol. The number of halogens is 1. The predicted octanol–water partition coefficient (Wildman–Crippen LogP) is 3.71. The first-order chi connectivity index (χ1) is 10.6. The summed E-state index contributed by atoms with van der Waals surface area (Å²) in [6.45, 7) is 0. The number of fused-ring (bicyclic) bond motifs is 2. The second-order valence-corrected chi connectivity index (χ2v) is 7.70. The molecule has 0 spiro atoms. The van der Waals surface area contributed by atoms with E-state index in [-0.39, 0.29) is 12.4 Å². The second kappa shape index (κ2) is 6.10. The van der Waals surface area contributed by atoms with Crippen molar-refractivity contribution in [3.05, 3.63) is 35.9 Å². The molecule has 1 aromatic rings. The molecule has 3 fully saturated rings. The van der Waals surface area contributed by atoms with Gasteiger partial charge in [-0.15, -0.1) is 12.4 Å². The van der Waals surface area contributed by atoms with Crippen LogP contribution in [0, 0.1) is 11.8 Å². The van der Waals surface area contributed by atoms with Gasteiger partial charge in [0.05, 0.1) is 5.41 Å². The van der Waals surface area contributed by atoms with Crippen molar-refractivity contribution in [2.45, 2.75) is 56.0 Å². The molecule has 1 aromatic carbocycles. The molecule has 1 N–H and O–H groups in total. The summed E-state index contributed by atoms with van der Waals surface area (Å²) in [7, 11) is 2.27. The number of aliphatic carboxylic acids is 1. The molecule has 3 aliphatic rings. The van der Waals surface area contributed by atoms with Crippen molar-refractivity contribution in [3.63, 3.8) is 0 Å². The zero-order valence-corrected chi connectivity index (χ0v) is 14.5. The zero-order chi connectivity index (χ0) is 15.3. The van der Waals surface area contributed by atoms with Crippen molar-refractivity contribution in [3.8, 4) is 0 Å². The largest absolute Gasteiger partial charge is 0.481 e. The van der Waals surface area contributed by atoms with E-state index in [0.29, 0.717) is 5.92 Å². The van der Waals surface area contributed by atoms with Gasteiger partial charge in [0.2, 0.25) is 0 Å². The monoisotopic (exact) mass is 335 g/mol. The van der Waals surface area contributed by atoms with Gasteiger partial charge in [-0.2, -0.15) is 0 Å². The minimum atomic E-state index is -0.633. The van der Waals surface area contributed by atoms with E-state index >= 15 is 0 Å². The molecule has 2 saturated heterocycles. The molecule has 4 heteroatoms. The van der Waals surface area contributed by atoms with Crippen LogP contribution in [0.3, 0.4) is 0 Å². The van der Waals surface area contributed by atoms with E-state index in [1.165, 1.54) is 25.7 Å². The van der Waals surface area contributed by atoms with Crippen LogP contribution in [0.1, 0.15) is 44.1 Å². The second-order valence-electron chi connectivity index (χ2n) is 7.70. The van der Waals surface area contributed by atoms with Gasteiger partial charge in [0, 0.05) is 12.1 Å². The fourth-order valence-corrected chi connectivity index (χ4v) is 5.30. The number of carboxylic acid groups (broad SMARTS) is 1. The van der Waals surface area contributed by atoms with Crippen LogP contribution in [-0.2, 0) is 10.2 Å². The number of piperidine rings is 1. The van der Waals surface area contributed by atoms with Gasteiger partial charge < -0.3 is 10.0 Å². The normalized spacial score (nSPS) is 39.3. The SMILES string of the molecule is CN1C2CCC1CC(C1CC(C(=O)O)(c3ccccc3)C1)C2.Cl. The highest BCUT2D eigenvalue weighted by atomic mass is 35.5. The average Bonchev–Trinajstić information content (AvgIpc) is 2.70. The Labute approximate surface area is 144 Å². The standard InChI is InChI=1S/C19H25NO2.ClH/c1-20-16-7-8-17(20)10-13(9-16)14-11-19(12-14,18(21)22)15-5-3-2-4-6-15;/h2-6,13-14,16-17H,7-12H2,1H3,(H,21,22);1H. The van der Waals surface area contributed by atoms with Crippen LogP contribution in [0.15, 0.2) is 30.3 Å². The molecule has 1 aliphatic carbocycles. The fraction of sp³-hybridized carbons (Fsp3) is 0.632. The highest BCUT2D eigenvalue weighted by molar-refractivity contribution is 5.85.